The molecule has 0 saturated carbocycles. The fourth-order valence-electron chi connectivity index (χ4n) is 1.64. The van der Waals surface area contributed by atoms with Crippen molar-refractivity contribution < 1.29 is 4.42 Å². The lowest BCUT2D eigenvalue weighted by Gasteiger charge is -1.97. The van der Waals surface area contributed by atoms with Crippen molar-refractivity contribution in [2.45, 2.75) is 10.1 Å². The van der Waals surface area contributed by atoms with Crippen molar-refractivity contribution in [3.8, 4) is 11.3 Å². The van der Waals surface area contributed by atoms with Crippen LogP contribution in [0.25, 0.3) is 11.3 Å². The number of anilines is 1. The summed E-state index contributed by atoms with van der Waals surface area (Å²) in [6, 6.07) is 12.0. The second-order valence-corrected chi connectivity index (χ2v) is 7.11. The van der Waals surface area contributed by atoms with Gasteiger partial charge in [0.05, 0.1) is 5.75 Å². The van der Waals surface area contributed by atoms with E-state index in [-0.39, 0.29) is 0 Å². The minimum atomic E-state index is 0.488. The van der Waals surface area contributed by atoms with Gasteiger partial charge in [-0.1, -0.05) is 51.2 Å². The van der Waals surface area contributed by atoms with Crippen LogP contribution in [0, 0.1) is 0 Å². The Balaban J connectivity index is 1.69. The molecule has 0 aliphatic carbocycles. The molecule has 20 heavy (non-hydrogen) atoms. The lowest BCUT2D eigenvalue weighted by molar-refractivity contribution is 0.544. The number of benzene rings is 1. The SMILES string of the molecule is Nc1nnc(SCc2ccc(-c3ccc(Br)cc3)o2)s1. The Bertz CT molecular complexity index is 708. The molecule has 2 aromatic heterocycles. The van der Waals surface area contributed by atoms with E-state index >= 15 is 0 Å². The first-order chi connectivity index (χ1) is 9.70. The van der Waals surface area contributed by atoms with Crippen LogP contribution in [0.1, 0.15) is 5.76 Å². The number of nitrogens with zero attached hydrogens (tertiary/aromatic N) is 2. The first-order valence-electron chi connectivity index (χ1n) is 5.77. The molecule has 3 rings (SSSR count). The average molecular weight is 368 g/mol. The predicted molar refractivity (Wildman–Crippen MR) is 85.7 cm³/mol. The Kier molecular flexibility index (Phi) is 4.09. The Morgan fingerprint density at radius 3 is 2.65 bits per heavy atom. The third-order valence-corrected chi connectivity index (χ3v) is 4.99. The fraction of sp³-hybridized carbons (Fsp3) is 0.0769. The number of nitrogen functional groups attached to an aromatic ring is 1. The van der Waals surface area contributed by atoms with Crippen molar-refractivity contribution >= 4 is 44.2 Å². The van der Waals surface area contributed by atoms with Gasteiger partial charge in [0.1, 0.15) is 11.5 Å². The number of nitrogens with two attached hydrogens (primary N) is 1. The van der Waals surface area contributed by atoms with Gasteiger partial charge in [-0.3, -0.25) is 0 Å². The summed E-state index contributed by atoms with van der Waals surface area (Å²) in [7, 11) is 0. The molecular weight excluding hydrogens is 358 g/mol. The first-order valence-corrected chi connectivity index (χ1v) is 8.36. The third-order valence-electron chi connectivity index (χ3n) is 2.55. The van der Waals surface area contributed by atoms with Crippen molar-refractivity contribution in [3.63, 3.8) is 0 Å². The highest BCUT2D eigenvalue weighted by atomic mass is 79.9. The van der Waals surface area contributed by atoms with E-state index in [0.717, 1.165) is 25.9 Å². The van der Waals surface area contributed by atoms with Gasteiger partial charge in [0.2, 0.25) is 5.13 Å². The molecule has 2 heterocycles. The van der Waals surface area contributed by atoms with E-state index in [1.54, 1.807) is 11.8 Å². The van der Waals surface area contributed by atoms with Gasteiger partial charge in [0.15, 0.2) is 4.34 Å². The standard InChI is InChI=1S/C13H10BrN3OS2/c14-9-3-1-8(2-4-9)11-6-5-10(18-11)7-19-13-17-16-12(15)20-13/h1-6H,7H2,(H2,15,16). The largest absolute Gasteiger partial charge is 0.460 e. The lowest BCUT2D eigenvalue weighted by Crippen LogP contribution is -1.80. The summed E-state index contributed by atoms with van der Waals surface area (Å²) in [5, 5.41) is 8.23. The van der Waals surface area contributed by atoms with Crippen LogP contribution in [0.15, 0.2) is 49.6 Å². The number of thioether (sulfide) groups is 1. The maximum Gasteiger partial charge on any atom is 0.203 e. The van der Waals surface area contributed by atoms with Crippen LogP contribution in [-0.2, 0) is 5.75 Å². The van der Waals surface area contributed by atoms with Crippen LogP contribution >= 0.6 is 39.0 Å². The van der Waals surface area contributed by atoms with E-state index in [1.165, 1.54) is 11.3 Å². The summed E-state index contributed by atoms with van der Waals surface area (Å²) in [4.78, 5) is 0. The molecule has 4 nitrogen and oxygen atoms in total. The number of halogens is 1. The quantitative estimate of drug-likeness (QED) is 0.690. The van der Waals surface area contributed by atoms with Gasteiger partial charge >= 0.3 is 0 Å². The van der Waals surface area contributed by atoms with Crippen LogP contribution in [-0.4, -0.2) is 10.2 Å². The van der Waals surface area contributed by atoms with E-state index in [4.69, 9.17) is 10.2 Å². The van der Waals surface area contributed by atoms with E-state index in [0.29, 0.717) is 10.9 Å². The summed E-state index contributed by atoms with van der Waals surface area (Å²) in [6.07, 6.45) is 0. The van der Waals surface area contributed by atoms with Crippen LogP contribution in [0.2, 0.25) is 0 Å². The van der Waals surface area contributed by atoms with Crippen molar-refractivity contribution in [2.24, 2.45) is 0 Å². The average Bonchev–Trinajstić information content (AvgIpc) is 3.06. The summed E-state index contributed by atoms with van der Waals surface area (Å²) >= 11 is 6.37. The maximum atomic E-state index is 5.83. The van der Waals surface area contributed by atoms with E-state index in [9.17, 15) is 0 Å². The molecule has 0 unspecified atom stereocenters. The number of furan rings is 1. The van der Waals surface area contributed by atoms with Crippen LogP contribution < -0.4 is 5.73 Å². The summed E-state index contributed by atoms with van der Waals surface area (Å²) in [6.45, 7) is 0. The summed E-state index contributed by atoms with van der Waals surface area (Å²) in [5.74, 6) is 2.48. The van der Waals surface area contributed by atoms with Gasteiger partial charge in [-0.2, -0.15) is 0 Å². The molecule has 0 amide bonds. The highest BCUT2D eigenvalue weighted by Gasteiger charge is 2.07. The molecule has 0 aliphatic heterocycles. The normalized spacial score (nSPS) is 10.8. The fourth-order valence-corrected chi connectivity index (χ4v) is 3.43. The molecule has 102 valence electrons. The predicted octanol–water partition coefficient (Wildman–Crippen LogP) is 4.44. The van der Waals surface area contributed by atoms with Gasteiger partial charge in [0, 0.05) is 10.0 Å². The number of aromatic nitrogens is 2. The lowest BCUT2D eigenvalue weighted by atomic mass is 10.2. The molecule has 2 N–H and O–H groups in total. The number of hydrogen-bond acceptors (Lipinski definition) is 6. The molecule has 0 atom stereocenters. The number of hydrogen-bond donors (Lipinski definition) is 1. The highest BCUT2D eigenvalue weighted by Crippen LogP contribution is 2.30. The minimum absolute atomic E-state index is 0.488. The second-order valence-electron chi connectivity index (χ2n) is 3.97. The van der Waals surface area contributed by atoms with E-state index in [2.05, 4.69) is 26.1 Å². The van der Waals surface area contributed by atoms with E-state index < -0.39 is 0 Å². The molecule has 1 aromatic carbocycles. The number of rotatable bonds is 4. The van der Waals surface area contributed by atoms with Gasteiger partial charge in [-0.05, 0) is 24.3 Å². The molecule has 0 bridgehead atoms. The Morgan fingerprint density at radius 2 is 1.95 bits per heavy atom. The molecule has 3 aromatic rings. The zero-order chi connectivity index (χ0) is 13.9. The molecule has 0 spiro atoms. The van der Waals surface area contributed by atoms with Gasteiger partial charge in [-0.15, -0.1) is 10.2 Å². The van der Waals surface area contributed by atoms with E-state index in [1.807, 2.05) is 36.4 Å². The summed E-state index contributed by atoms with van der Waals surface area (Å²) in [5.41, 5.74) is 6.60. The Morgan fingerprint density at radius 1 is 1.15 bits per heavy atom. The Labute approximate surface area is 132 Å². The van der Waals surface area contributed by atoms with Crippen molar-refractivity contribution in [1.82, 2.24) is 10.2 Å². The van der Waals surface area contributed by atoms with Gasteiger partial charge in [0.25, 0.3) is 0 Å². The van der Waals surface area contributed by atoms with Gasteiger partial charge in [-0.25, -0.2) is 0 Å². The molecule has 0 fully saturated rings. The highest BCUT2D eigenvalue weighted by molar-refractivity contribution is 9.10. The van der Waals surface area contributed by atoms with Crippen molar-refractivity contribution in [3.05, 3.63) is 46.6 Å². The third kappa shape index (κ3) is 3.23. The smallest absolute Gasteiger partial charge is 0.203 e. The van der Waals surface area contributed by atoms with Crippen LogP contribution in [0.4, 0.5) is 5.13 Å². The van der Waals surface area contributed by atoms with Crippen LogP contribution in [0.3, 0.4) is 0 Å². The topological polar surface area (TPSA) is 64.9 Å². The van der Waals surface area contributed by atoms with Crippen LogP contribution in [0.5, 0.6) is 0 Å². The Hall–Kier alpha value is -1.31. The minimum Gasteiger partial charge on any atom is -0.460 e. The molecule has 7 heteroatoms. The maximum absolute atomic E-state index is 5.83. The molecule has 0 aliphatic rings. The van der Waals surface area contributed by atoms with Crippen molar-refractivity contribution in [1.29, 1.82) is 0 Å². The summed E-state index contributed by atoms with van der Waals surface area (Å²) < 4.78 is 7.73. The molecule has 0 saturated heterocycles. The zero-order valence-corrected chi connectivity index (χ0v) is 13.5. The monoisotopic (exact) mass is 367 g/mol. The van der Waals surface area contributed by atoms with Crippen molar-refractivity contribution in [2.75, 3.05) is 5.73 Å². The second kappa shape index (κ2) is 5.99. The van der Waals surface area contributed by atoms with Gasteiger partial charge < -0.3 is 10.2 Å². The molecular formula is C13H10BrN3OS2. The molecule has 0 radical (unpaired) electrons. The first kappa shape index (κ1) is 13.7. The zero-order valence-electron chi connectivity index (χ0n) is 10.2.